The summed E-state index contributed by atoms with van der Waals surface area (Å²) in [6.45, 7) is 12.5. The van der Waals surface area contributed by atoms with Crippen molar-refractivity contribution in [2.75, 3.05) is 43.4 Å². The van der Waals surface area contributed by atoms with E-state index < -0.39 is 0 Å². The van der Waals surface area contributed by atoms with E-state index in [1.54, 1.807) is 6.20 Å². The number of hydrogen-bond acceptors (Lipinski definition) is 6. The fraction of sp³-hybridized carbons (Fsp3) is 0.276. The second-order valence-electron chi connectivity index (χ2n) is 10.2. The third-order valence-electron chi connectivity index (χ3n) is 7.22. The average molecular weight is 493 g/mol. The minimum atomic E-state index is 0.333. The summed E-state index contributed by atoms with van der Waals surface area (Å²) in [4.78, 5) is 17.6. The van der Waals surface area contributed by atoms with Crippen molar-refractivity contribution in [2.45, 2.75) is 13.8 Å². The molecule has 0 aliphatic carbocycles. The first-order valence-electron chi connectivity index (χ1n) is 12.8. The Hall–Kier alpha value is -4.17. The molecular formula is C29H32N8. The zero-order valence-electron chi connectivity index (χ0n) is 21.5. The number of aromatic nitrogens is 5. The molecule has 0 amide bonds. The van der Waals surface area contributed by atoms with Crippen LogP contribution < -0.4 is 10.2 Å². The van der Waals surface area contributed by atoms with Gasteiger partial charge in [-0.15, -0.1) is 0 Å². The molecule has 3 N–H and O–H groups in total. The average Bonchev–Trinajstić information content (AvgIpc) is 3.53. The van der Waals surface area contributed by atoms with Crippen LogP contribution in [-0.4, -0.2) is 63.3 Å². The third-order valence-corrected chi connectivity index (χ3v) is 7.22. The van der Waals surface area contributed by atoms with E-state index in [1.165, 1.54) is 11.1 Å². The summed E-state index contributed by atoms with van der Waals surface area (Å²) >= 11 is 0. The summed E-state index contributed by atoms with van der Waals surface area (Å²) < 4.78 is 0. The number of likely N-dealkylation sites (N-methyl/N-ethyl adjacent to an activating group) is 1. The third kappa shape index (κ3) is 4.44. The number of piperazine rings is 1. The molecule has 6 rings (SSSR count). The van der Waals surface area contributed by atoms with E-state index in [4.69, 9.17) is 0 Å². The smallest absolute Gasteiger partial charge is 0.116 e. The molecule has 0 spiro atoms. The van der Waals surface area contributed by atoms with E-state index in [2.05, 4.69) is 104 Å². The lowest BCUT2D eigenvalue weighted by Crippen LogP contribution is -2.44. The van der Waals surface area contributed by atoms with Gasteiger partial charge in [-0.05, 0) is 43.3 Å². The largest absolute Gasteiger partial charge is 0.368 e. The van der Waals surface area contributed by atoms with E-state index in [1.807, 2.05) is 12.4 Å². The first-order valence-corrected chi connectivity index (χ1v) is 12.8. The fourth-order valence-electron chi connectivity index (χ4n) is 4.85. The first kappa shape index (κ1) is 23.2. The molecule has 0 radical (unpaired) electrons. The molecule has 8 heteroatoms. The van der Waals surface area contributed by atoms with Crippen LogP contribution in [-0.2, 0) is 0 Å². The Morgan fingerprint density at radius 3 is 2.65 bits per heavy atom. The van der Waals surface area contributed by atoms with Crippen LogP contribution in [0.2, 0.25) is 0 Å². The number of fused-ring (bicyclic) bond motifs is 2. The van der Waals surface area contributed by atoms with Gasteiger partial charge in [0.25, 0.3) is 0 Å². The number of aromatic amines is 2. The standard InChI is InChI=1S/C29H32N8/c1-18(2)19(3)32-21-12-20(15-30-16-21)25-14-23-27(17-31-25)34-35-29(23)26-13-22-24(33-26)6-5-7-28(22)37-10-8-36(4)9-11-37/h5-7,12-18,32-33H,3,8-11H2,1-2,4H3,(H,34,35). The van der Waals surface area contributed by atoms with Gasteiger partial charge in [0.1, 0.15) is 5.69 Å². The van der Waals surface area contributed by atoms with Crippen LogP contribution in [0.5, 0.6) is 0 Å². The van der Waals surface area contributed by atoms with Gasteiger partial charge in [0.15, 0.2) is 0 Å². The summed E-state index contributed by atoms with van der Waals surface area (Å²) in [6, 6.07) is 12.8. The lowest BCUT2D eigenvalue weighted by atomic mass is 10.1. The molecule has 1 aromatic carbocycles. The highest BCUT2D eigenvalue weighted by Gasteiger charge is 2.19. The van der Waals surface area contributed by atoms with Gasteiger partial charge < -0.3 is 20.1 Å². The maximum Gasteiger partial charge on any atom is 0.116 e. The molecule has 1 aliphatic rings. The minimum absolute atomic E-state index is 0.333. The van der Waals surface area contributed by atoms with E-state index in [-0.39, 0.29) is 0 Å². The summed E-state index contributed by atoms with van der Waals surface area (Å²) in [5.41, 5.74) is 8.79. The Kier molecular flexibility index (Phi) is 5.88. The number of hydrogen-bond donors (Lipinski definition) is 3. The van der Waals surface area contributed by atoms with Gasteiger partial charge in [0, 0.05) is 65.6 Å². The van der Waals surface area contributed by atoms with Crippen molar-refractivity contribution in [3.8, 4) is 22.6 Å². The lowest BCUT2D eigenvalue weighted by molar-refractivity contribution is 0.313. The Balaban J connectivity index is 1.36. The molecule has 1 aliphatic heterocycles. The maximum absolute atomic E-state index is 4.68. The second kappa shape index (κ2) is 9.37. The highest BCUT2D eigenvalue weighted by molar-refractivity contribution is 6.00. The van der Waals surface area contributed by atoms with Crippen LogP contribution in [0.1, 0.15) is 13.8 Å². The molecule has 5 heterocycles. The number of anilines is 2. The summed E-state index contributed by atoms with van der Waals surface area (Å²) in [5, 5.41) is 13.4. The Bertz CT molecular complexity index is 1590. The summed E-state index contributed by atoms with van der Waals surface area (Å²) in [6.07, 6.45) is 5.48. The lowest BCUT2D eigenvalue weighted by Gasteiger charge is -2.34. The van der Waals surface area contributed by atoms with Crippen molar-refractivity contribution in [2.24, 2.45) is 5.92 Å². The van der Waals surface area contributed by atoms with Crippen molar-refractivity contribution in [1.82, 2.24) is 30.0 Å². The fourth-order valence-corrected chi connectivity index (χ4v) is 4.85. The van der Waals surface area contributed by atoms with E-state index >= 15 is 0 Å². The molecule has 8 nitrogen and oxygen atoms in total. The van der Waals surface area contributed by atoms with Gasteiger partial charge in [-0.1, -0.05) is 26.5 Å². The number of benzene rings is 1. The quantitative estimate of drug-likeness (QED) is 0.290. The molecule has 1 fully saturated rings. The Morgan fingerprint density at radius 1 is 1.00 bits per heavy atom. The van der Waals surface area contributed by atoms with E-state index in [0.29, 0.717) is 5.92 Å². The zero-order chi connectivity index (χ0) is 25.5. The molecule has 37 heavy (non-hydrogen) atoms. The van der Waals surface area contributed by atoms with Crippen molar-refractivity contribution >= 4 is 33.2 Å². The number of allylic oxidation sites excluding steroid dienone is 1. The monoisotopic (exact) mass is 492 g/mol. The van der Waals surface area contributed by atoms with Gasteiger partial charge in [-0.25, -0.2) is 0 Å². The summed E-state index contributed by atoms with van der Waals surface area (Å²) in [5.74, 6) is 0.333. The van der Waals surface area contributed by atoms with Crippen molar-refractivity contribution < 1.29 is 0 Å². The molecule has 1 saturated heterocycles. The van der Waals surface area contributed by atoms with Gasteiger partial charge in [0.2, 0.25) is 0 Å². The molecule has 0 bridgehead atoms. The minimum Gasteiger partial charge on any atom is -0.368 e. The highest BCUT2D eigenvalue weighted by Crippen LogP contribution is 2.34. The van der Waals surface area contributed by atoms with Crippen LogP contribution in [0.4, 0.5) is 11.4 Å². The molecule has 5 aromatic rings. The van der Waals surface area contributed by atoms with Gasteiger partial charge >= 0.3 is 0 Å². The molecule has 0 atom stereocenters. The molecule has 0 unspecified atom stereocenters. The van der Waals surface area contributed by atoms with Crippen LogP contribution in [0.25, 0.3) is 44.5 Å². The predicted molar refractivity (Wildman–Crippen MR) is 152 cm³/mol. The molecule has 188 valence electrons. The van der Waals surface area contributed by atoms with Crippen LogP contribution in [0, 0.1) is 5.92 Å². The van der Waals surface area contributed by atoms with Crippen LogP contribution in [0.15, 0.2) is 67.3 Å². The van der Waals surface area contributed by atoms with Crippen molar-refractivity contribution in [1.29, 1.82) is 0 Å². The number of H-pyrrole nitrogens is 2. The van der Waals surface area contributed by atoms with Gasteiger partial charge in [-0.2, -0.15) is 5.10 Å². The Morgan fingerprint density at radius 2 is 1.84 bits per heavy atom. The number of nitrogens with zero attached hydrogens (tertiary/aromatic N) is 5. The molecule has 0 saturated carbocycles. The second-order valence-corrected chi connectivity index (χ2v) is 10.2. The zero-order valence-corrected chi connectivity index (χ0v) is 21.5. The molecule has 4 aromatic heterocycles. The van der Waals surface area contributed by atoms with E-state index in [0.717, 1.165) is 76.6 Å². The number of nitrogens with one attached hydrogen (secondary N) is 3. The maximum atomic E-state index is 4.68. The predicted octanol–water partition coefficient (Wildman–Crippen LogP) is 5.50. The first-order chi connectivity index (χ1) is 18.0. The van der Waals surface area contributed by atoms with Crippen LogP contribution >= 0.6 is 0 Å². The van der Waals surface area contributed by atoms with Gasteiger partial charge in [-0.3, -0.25) is 15.1 Å². The number of rotatable bonds is 6. The SMILES string of the molecule is C=C(Nc1cncc(-c2cc3c(-c4cc5c(N6CCN(C)CC6)cccc5[nH]4)n[nH]c3cn2)c1)C(C)C. The van der Waals surface area contributed by atoms with Crippen molar-refractivity contribution in [3.63, 3.8) is 0 Å². The topological polar surface area (TPSA) is 88.8 Å². The Labute approximate surface area is 216 Å². The molecular weight excluding hydrogens is 460 g/mol. The summed E-state index contributed by atoms with van der Waals surface area (Å²) in [7, 11) is 2.18. The van der Waals surface area contributed by atoms with Crippen LogP contribution in [0.3, 0.4) is 0 Å². The van der Waals surface area contributed by atoms with Gasteiger partial charge in [0.05, 0.1) is 35.0 Å². The van der Waals surface area contributed by atoms with E-state index in [9.17, 15) is 0 Å². The normalized spacial score (nSPS) is 14.6. The van der Waals surface area contributed by atoms with Crippen molar-refractivity contribution in [3.05, 3.63) is 67.3 Å². The number of pyridine rings is 2. The highest BCUT2D eigenvalue weighted by atomic mass is 15.2.